The van der Waals surface area contributed by atoms with Gasteiger partial charge in [0.1, 0.15) is 0 Å². The van der Waals surface area contributed by atoms with Gasteiger partial charge < -0.3 is 5.73 Å². The maximum Gasteiger partial charge on any atom is 0.209 e. The largest absolute Gasteiger partial charge is 0.329 e. The minimum Gasteiger partial charge on any atom is -0.329 e. The normalized spacial score (nSPS) is 11.1. The maximum atomic E-state index is 5.50. The summed E-state index contributed by atoms with van der Waals surface area (Å²) in [4.78, 5) is 0. The summed E-state index contributed by atoms with van der Waals surface area (Å²) in [6, 6.07) is 0. The molecule has 0 radical (unpaired) electrons. The van der Waals surface area contributed by atoms with Gasteiger partial charge in [-0.05, 0) is 33.3 Å². The Morgan fingerprint density at radius 1 is 1.44 bits per heavy atom. The quantitative estimate of drug-likeness (QED) is 0.812. The minimum atomic E-state index is 0.521. The van der Waals surface area contributed by atoms with Gasteiger partial charge in [-0.2, -0.15) is 5.10 Å². The van der Waals surface area contributed by atoms with E-state index in [4.69, 9.17) is 5.73 Å². The molecule has 0 aromatic carbocycles. The van der Waals surface area contributed by atoms with E-state index in [1.165, 1.54) is 0 Å². The molecule has 2 N–H and O–H groups in total. The molecule has 0 aliphatic carbocycles. The SMILES string of the molecule is Cc1nn(C)c(CSc2nnnn2CCN)c1Br. The average Bonchev–Trinajstić information content (AvgIpc) is 2.85. The third-order valence-corrected chi connectivity index (χ3v) is 4.44. The van der Waals surface area contributed by atoms with Crippen LogP contribution in [0.1, 0.15) is 11.4 Å². The van der Waals surface area contributed by atoms with Gasteiger partial charge in [0.15, 0.2) is 0 Å². The van der Waals surface area contributed by atoms with Gasteiger partial charge in [-0.3, -0.25) is 4.68 Å². The lowest BCUT2D eigenvalue weighted by Gasteiger charge is -2.03. The molecule has 0 saturated carbocycles. The van der Waals surface area contributed by atoms with Crippen LogP contribution in [0.5, 0.6) is 0 Å². The van der Waals surface area contributed by atoms with Crippen LogP contribution in [0.2, 0.25) is 0 Å². The maximum absolute atomic E-state index is 5.50. The fourth-order valence-corrected chi connectivity index (χ4v) is 3.16. The van der Waals surface area contributed by atoms with Crippen LogP contribution in [0.3, 0.4) is 0 Å². The number of hydrogen-bond donors (Lipinski definition) is 1. The van der Waals surface area contributed by atoms with Crippen molar-refractivity contribution in [3.8, 4) is 0 Å². The molecule has 0 bridgehead atoms. The fourth-order valence-electron chi connectivity index (χ4n) is 1.53. The lowest BCUT2D eigenvalue weighted by molar-refractivity contribution is 0.556. The Bertz CT molecular complexity index is 535. The molecule has 2 rings (SSSR count). The minimum absolute atomic E-state index is 0.521. The molecule has 0 fully saturated rings. The lowest BCUT2D eigenvalue weighted by atomic mass is 10.4. The van der Waals surface area contributed by atoms with Gasteiger partial charge in [-0.1, -0.05) is 11.8 Å². The van der Waals surface area contributed by atoms with Crippen molar-refractivity contribution >= 4 is 27.7 Å². The third-order valence-electron chi connectivity index (χ3n) is 2.44. The summed E-state index contributed by atoms with van der Waals surface area (Å²) in [6.07, 6.45) is 0. The van der Waals surface area contributed by atoms with E-state index in [2.05, 4.69) is 36.6 Å². The van der Waals surface area contributed by atoms with Gasteiger partial charge in [0.05, 0.1) is 22.4 Å². The second-order valence-electron chi connectivity index (χ2n) is 3.73. The highest BCUT2D eigenvalue weighted by atomic mass is 79.9. The van der Waals surface area contributed by atoms with E-state index in [-0.39, 0.29) is 0 Å². The molecule has 0 atom stereocenters. The molecule has 98 valence electrons. The van der Waals surface area contributed by atoms with Crippen LogP contribution in [0, 0.1) is 6.92 Å². The van der Waals surface area contributed by atoms with Gasteiger partial charge in [0, 0.05) is 19.3 Å². The van der Waals surface area contributed by atoms with E-state index in [1.54, 1.807) is 16.4 Å². The van der Waals surface area contributed by atoms with Crippen LogP contribution >= 0.6 is 27.7 Å². The van der Waals surface area contributed by atoms with Crippen LogP contribution in [-0.4, -0.2) is 36.5 Å². The summed E-state index contributed by atoms with van der Waals surface area (Å²) >= 11 is 5.11. The van der Waals surface area contributed by atoms with Gasteiger partial charge in [-0.25, -0.2) is 4.68 Å². The van der Waals surface area contributed by atoms with Crippen molar-refractivity contribution in [1.82, 2.24) is 30.0 Å². The molecule has 2 aromatic rings. The Labute approximate surface area is 117 Å². The summed E-state index contributed by atoms with van der Waals surface area (Å²) in [5.41, 5.74) is 7.59. The molecule has 2 aromatic heterocycles. The number of nitrogens with zero attached hydrogens (tertiary/aromatic N) is 6. The van der Waals surface area contributed by atoms with E-state index >= 15 is 0 Å². The Balaban J connectivity index is 2.09. The van der Waals surface area contributed by atoms with Gasteiger partial charge in [-0.15, -0.1) is 5.10 Å². The lowest BCUT2D eigenvalue weighted by Crippen LogP contribution is -2.12. The zero-order valence-corrected chi connectivity index (χ0v) is 12.6. The van der Waals surface area contributed by atoms with E-state index in [0.717, 1.165) is 26.8 Å². The van der Waals surface area contributed by atoms with Crippen molar-refractivity contribution in [1.29, 1.82) is 0 Å². The summed E-state index contributed by atoms with van der Waals surface area (Å²) < 4.78 is 4.61. The second-order valence-corrected chi connectivity index (χ2v) is 5.47. The van der Waals surface area contributed by atoms with Crippen molar-refractivity contribution in [2.45, 2.75) is 24.4 Å². The van der Waals surface area contributed by atoms with Crippen molar-refractivity contribution in [2.75, 3.05) is 6.54 Å². The molecular formula is C9H14BrN7S. The first kappa shape index (κ1) is 13.5. The zero-order chi connectivity index (χ0) is 13.1. The molecule has 0 aliphatic heterocycles. The highest BCUT2D eigenvalue weighted by Gasteiger charge is 2.13. The van der Waals surface area contributed by atoms with Crippen LogP contribution < -0.4 is 5.73 Å². The highest BCUT2D eigenvalue weighted by Crippen LogP contribution is 2.27. The molecule has 2 heterocycles. The number of aryl methyl sites for hydroxylation is 2. The number of nitrogens with two attached hydrogens (primary N) is 1. The smallest absolute Gasteiger partial charge is 0.209 e. The van der Waals surface area contributed by atoms with E-state index < -0.39 is 0 Å². The molecule has 0 spiro atoms. The van der Waals surface area contributed by atoms with Crippen LogP contribution in [0.4, 0.5) is 0 Å². The number of rotatable bonds is 5. The summed E-state index contributed by atoms with van der Waals surface area (Å²) in [6.45, 7) is 3.12. The third kappa shape index (κ3) is 2.73. The monoisotopic (exact) mass is 331 g/mol. The Kier molecular flexibility index (Phi) is 4.36. The molecule has 0 aliphatic rings. The number of hydrogen-bond acceptors (Lipinski definition) is 6. The molecule has 0 saturated heterocycles. The first-order valence-electron chi connectivity index (χ1n) is 5.40. The fraction of sp³-hybridized carbons (Fsp3) is 0.556. The van der Waals surface area contributed by atoms with Crippen molar-refractivity contribution in [2.24, 2.45) is 12.8 Å². The van der Waals surface area contributed by atoms with E-state index in [0.29, 0.717) is 13.1 Å². The number of thioether (sulfide) groups is 1. The van der Waals surface area contributed by atoms with E-state index in [9.17, 15) is 0 Å². The molecular weight excluding hydrogens is 318 g/mol. The second kappa shape index (κ2) is 5.81. The number of tetrazole rings is 1. The Morgan fingerprint density at radius 3 is 2.83 bits per heavy atom. The zero-order valence-electron chi connectivity index (χ0n) is 10.2. The summed E-state index contributed by atoms with van der Waals surface area (Å²) in [7, 11) is 1.93. The molecule has 9 heteroatoms. The Morgan fingerprint density at radius 2 is 2.22 bits per heavy atom. The van der Waals surface area contributed by atoms with Crippen molar-refractivity contribution in [3.63, 3.8) is 0 Å². The first-order valence-corrected chi connectivity index (χ1v) is 7.18. The van der Waals surface area contributed by atoms with Gasteiger partial charge in [0.2, 0.25) is 5.16 Å². The van der Waals surface area contributed by atoms with Gasteiger partial charge in [0.25, 0.3) is 0 Å². The average molecular weight is 332 g/mol. The number of halogens is 1. The van der Waals surface area contributed by atoms with Crippen molar-refractivity contribution in [3.05, 3.63) is 15.9 Å². The summed E-state index contributed by atoms with van der Waals surface area (Å²) in [5, 5.41) is 16.6. The molecule has 18 heavy (non-hydrogen) atoms. The molecule has 0 amide bonds. The predicted molar refractivity (Wildman–Crippen MR) is 72.1 cm³/mol. The van der Waals surface area contributed by atoms with Crippen molar-refractivity contribution < 1.29 is 0 Å². The topological polar surface area (TPSA) is 87.4 Å². The molecule has 0 unspecified atom stereocenters. The summed E-state index contributed by atoms with van der Waals surface area (Å²) in [5.74, 6) is 0.753. The Hall–Kier alpha value is -0.930. The molecule has 7 nitrogen and oxygen atoms in total. The van der Waals surface area contributed by atoms with Crippen LogP contribution in [0.15, 0.2) is 9.63 Å². The van der Waals surface area contributed by atoms with Crippen LogP contribution in [-0.2, 0) is 19.3 Å². The highest BCUT2D eigenvalue weighted by molar-refractivity contribution is 9.10. The predicted octanol–water partition coefficient (Wildman–Crippen LogP) is 0.729. The standard InChI is InChI=1S/C9H14BrN7S/c1-6-8(10)7(16(2)13-6)5-18-9-12-14-15-17(9)4-3-11/h3-5,11H2,1-2H3. The number of aromatic nitrogens is 6. The van der Waals surface area contributed by atoms with E-state index in [1.807, 2.05) is 18.7 Å². The first-order chi connectivity index (χ1) is 8.63. The van der Waals surface area contributed by atoms with Gasteiger partial charge >= 0.3 is 0 Å². The van der Waals surface area contributed by atoms with Crippen LogP contribution in [0.25, 0.3) is 0 Å².